The Bertz CT molecular complexity index is 581. The van der Waals surface area contributed by atoms with E-state index in [-0.39, 0.29) is 6.04 Å². The van der Waals surface area contributed by atoms with E-state index in [1.54, 1.807) is 14.2 Å². The summed E-state index contributed by atoms with van der Waals surface area (Å²) in [6, 6.07) is 8.26. The topological polar surface area (TPSA) is 48.3 Å². The van der Waals surface area contributed by atoms with Crippen molar-refractivity contribution in [3.8, 4) is 11.5 Å². The molecule has 0 aliphatic carbocycles. The maximum atomic E-state index is 5.36. The number of hydrogen-bond donors (Lipinski definition) is 1. The van der Waals surface area contributed by atoms with E-state index >= 15 is 0 Å². The Kier molecular flexibility index (Phi) is 5.22. The van der Waals surface area contributed by atoms with Crippen LogP contribution in [-0.2, 0) is 13.5 Å². The number of likely N-dealkylation sites (N-methyl/N-ethyl adjacent to an activating group) is 1. The van der Waals surface area contributed by atoms with Crippen LogP contribution in [0.1, 0.15) is 24.2 Å². The molecule has 1 N–H and O–H groups in total. The first-order chi connectivity index (χ1) is 10.2. The zero-order valence-electron chi connectivity index (χ0n) is 13.1. The molecule has 0 aliphatic heterocycles. The largest absolute Gasteiger partial charge is 0.493 e. The van der Waals surface area contributed by atoms with Crippen molar-refractivity contribution in [1.82, 2.24) is 15.1 Å². The van der Waals surface area contributed by atoms with Gasteiger partial charge in [-0.15, -0.1) is 0 Å². The molecule has 0 aliphatic rings. The molecule has 0 amide bonds. The van der Waals surface area contributed by atoms with Crippen molar-refractivity contribution in [3.05, 3.63) is 41.7 Å². The number of rotatable bonds is 7. The van der Waals surface area contributed by atoms with E-state index in [0.29, 0.717) is 0 Å². The molecule has 114 valence electrons. The summed E-state index contributed by atoms with van der Waals surface area (Å²) >= 11 is 0. The highest BCUT2D eigenvalue weighted by atomic mass is 16.5. The standard InChI is InChI=1S/C16H23N3O2/c1-5-17-14(13-8-9-19(2)18-13)10-12-6-7-15(20-3)16(11-12)21-4/h6-9,11,14,17H,5,10H2,1-4H3. The molecule has 0 saturated carbocycles. The average molecular weight is 289 g/mol. The molecular weight excluding hydrogens is 266 g/mol. The van der Waals surface area contributed by atoms with Crippen molar-refractivity contribution in [2.45, 2.75) is 19.4 Å². The molecule has 5 heteroatoms. The minimum atomic E-state index is 0.189. The highest BCUT2D eigenvalue weighted by Crippen LogP contribution is 2.29. The van der Waals surface area contributed by atoms with Gasteiger partial charge in [0.25, 0.3) is 0 Å². The van der Waals surface area contributed by atoms with Gasteiger partial charge in [-0.2, -0.15) is 5.10 Å². The lowest BCUT2D eigenvalue weighted by molar-refractivity contribution is 0.354. The molecule has 21 heavy (non-hydrogen) atoms. The zero-order chi connectivity index (χ0) is 15.2. The van der Waals surface area contributed by atoms with Gasteiger partial charge in [0.1, 0.15) is 0 Å². The van der Waals surface area contributed by atoms with Crippen molar-refractivity contribution in [2.24, 2.45) is 7.05 Å². The zero-order valence-corrected chi connectivity index (χ0v) is 13.1. The molecule has 0 bridgehead atoms. The Morgan fingerprint density at radius 3 is 2.52 bits per heavy atom. The second-order valence-electron chi connectivity index (χ2n) is 4.92. The third-order valence-corrected chi connectivity index (χ3v) is 3.43. The molecule has 5 nitrogen and oxygen atoms in total. The van der Waals surface area contributed by atoms with Crippen molar-refractivity contribution in [1.29, 1.82) is 0 Å². The fraction of sp³-hybridized carbons (Fsp3) is 0.438. The maximum Gasteiger partial charge on any atom is 0.160 e. The summed E-state index contributed by atoms with van der Waals surface area (Å²) in [5, 5.41) is 7.98. The van der Waals surface area contributed by atoms with Crippen LogP contribution in [0.4, 0.5) is 0 Å². The van der Waals surface area contributed by atoms with E-state index in [9.17, 15) is 0 Å². The lowest BCUT2D eigenvalue weighted by Gasteiger charge is -2.17. The molecule has 0 radical (unpaired) electrons. The third kappa shape index (κ3) is 3.76. The van der Waals surface area contributed by atoms with Crippen molar-refractivity contribution >= 4 is 0 Å². The van der Waals surface area contributed by atoms with Crippen LogP contribution in [0.2, 0.25) is 0 Å². The van der Waals surface area contributed by atoms with E-state index in [0.717, 1.165) is 30.2 Å². The highest BCUT2D eigenvalue weighted by molar-refractivity contribution is 5.43. The first-order valence-electron chi connectivity index (χ1n) is 7.11. The predicted octanol–water partition coefficient (Wildman–Crippen LogP) is 2.33. The first-order valence-corrected chi connectivity index (χ1v) is 7.11. The molecule has 0 fully saturated rings. The first kappa shape index (κ1) is 15.4. The molecule has 1 atom stereocenters. The molecule has 1 unspecified atom stereocenters. The Morgan fingerprint density at radius 1 is 1.19 bits per heavy atom. The number of ether oxygens (including phenoxy) is 2. The molecule has 1 aromatic heterocycles. The van der Waals surface area contributed by atoms with Crippen molar-refractivity contribution in [2.75, 3.05) is 20.8 Å². The number of methoxy groups -OCH3 is 2. The summed E-state index contributed by atoms with van der Waals surface area (Å²) in [5.41, 5.74) is 2.23. The van der Waals surface area contributed by atoms with Gasteiger partial charge in [-0.05, 0) is 36.7 Å². The number of hydrogen-bond acceptors (Lipinski definition) is 4. The van der Waals surface area contributed by atoms with Crippen LogP contribution in [0.5, 0.6) is 11.5 Å². The van der Waals surface area contributed by atoms with Crippen molar-refractivity contribution in [3.63, 3.8) is 0 Å². The summed E-state index contributed by atoms with van der Waals surface area (Å²) in [6.07, 6.45) is 2.82. The van der Waals surface area contributed by atoms with Gasteiger partial charge < -0.3 is 14.8 Å². The quantitative estimate of drug-likeness (QED) is 0.850. The second-order valence-corrected chi connectivity index (χ2v) is 4.92. The molecule has 0 saturated heterocycles. The minimum Gasteiger partial charge on any atom is -0.493 e. The molecule has 1 aromatic carbocycles. The molecular formula is C16H23N3O2. The van der Waals surface area contributed by atoms with E-state index in [4.69, 9.17) is 9.47 Å². The Hall–Kier alpha value is -2.01. The number of nitrogens with one attached hydrogen (secondary N) is 1. The van der Waals surface area contributed by atoms with Gasteiger partial charge >= 0.3 is 0 Å². The van der Waals surface area contributed by atoms with Gasteiger partial charge in [-0.1, -0.05) is 13.0 Å². The second kappa shape index (κ2) is 7.13. The summed E-state index contributed by atoms with van der Waals surface area (Å²) in [6.45, 7) is 3.00. The van der Waals surface area contributed by atoms with Gasteiger partial charge in [-0.25, -0.2) is 0 Å². The summed E-state index contributed by atoms with van der Waals surface area (Å²) in [5.74, 6) is 1.50. The fourth-order valence-corrected chi connectivity index (χ4v) is 2.39. The van der Waals surface area contributed by atoms with Crippen LogP contribution in [0, 0.1) is 0 Å². The van der Waals surface area contributed by atoms with E-state index in [1.807, 2.05) is 36.1 Å². The summed E-state index contributed by atoms with van der Waals surface area (Å²) < 4.78 is 12.5. The van der Waals surface area contributed by atoms with Gasteiger partial charge in [-0.3, -0.25) is 4.68 Å². The average Bonchev–Trinajstić information content (AvgIpc) is 2.93. The van der Waals surface area contributed by atoms with Crippen LogP contribution in [-0.4, -0.2) is 30.5 Å². The lowest BCUT2D eigenvalue weighted by Crippen LogP contribution is -2.23. The van der Waals surface area contributed by atoms with E-state index in [2.05, 4.69) is 23.4 Å². The van der Waals surface area contributed by atoms with Crippen LogP contribution in [0.3, 0.4) is 0 Å². The van der Waals surface area contributed by atoms with Gasteiger partial charge in [0.2, 0.25) is 0 Å². The van der Waals surface area contributed by atoms with Gasteiger partial charge in [0.15, 0.2) is 11.5 Å². The molecule has 0 spiro atoms. The lowest BCUT2D eigenvalue weighted by atomic mass is 10.0. The number of aryl methyl sites for hydroxylation is 1. The molecule has 1 heterocycles. The van der Waals surface area contributed by atoms with Crippen LogP contribution in [0.25, 0.3) is 0 Å². The SMILES string of the molecule is CCNC(Cc1ccc(OC)c(OC)c1)c1ccn(C)n1. The number of nitrogens with zero attached hydrogens (tertiary/aromatic N) is 2. The Labute approximate surface area is 125 Å². The van der Waals surface area contributed by atoms with Crippen LogP contribution in [0.15, 0.2) is 30.5 Å². The monoisotopic (exact) mass is 289 g/mol. The van der Waals surface area contributed by atoms with E-state index < -0.39 is 0 Å². The maximum absolute atomic E-state index is 5.36. The molecule has 2 aromatic rings. The Balaban J connectivity index is 2.20. The summed E-state index contributed by atoms with van der Waals surface area (Å²) in [4.78, 5) is 0. The van der Waals surface area contributed by atoms with Gasteiger partial charge in [0.05, 0.1) is 26.0 Å². The number of aromatic nitrogens is 2. The third-order valence-electron chi connectivity index (χ3n) is 3.43. The normalized spacial score (nSPS) is 12.2. The summed E-state index contributed by atoms with van der Waals surface area (Å²) in [7, 11) is 5.23. The van der Waals surface area contributed by atoms with Gasteiger partial charge in [0, 0.05) is 13.2 Å². The van der Waals surface area contributed by atoms with E-state index in [1.165, 1.54) is 5.56 Å². The highest BCUT2D eigenvalue weighted by Gasteiger charge is 2.15. The molecule has 2 rings (SSSR count). The van der Waals surface area contributed by atoms with Crippen LogP contribution >= 0.6 is 0 Å². The smallest absolute Gasteiger partial charge is 0.160 e. The fourth-order valence-electron chi connectivity index (χ4n) is 2.39. The van der Waals surface area contributed by atoms with Crippen molar-refractivity contribution < 1.29 is 9.47 Å². The predicted molar refractivity (Wildman–Crippen MR) is 82.9 cm³/mol. The Morgan fingerprint density at radius 2 is 1.95 bits per heavy atom. The minimum absolute atomic E-state index is 0.189. The van der Waals surface area contributed by atoms with Crippen LogP contribution < -0.4 is 14.8 Å². The number of benzene rings is 1.